The molecule has 0 heterocycles. The van der Waals surface area contributed by atoms with Crippen LogP contribution in [0.1, 0.15) is 64.2 Å². The second-order valence-electron chi connectivity index (χ2n) is 4.21. The third kappa shape index (κ3) is 45.0. The van der Waals surface area contributed by atoms with E-state index in [1.807, 2.05) is 0 Å². The van der Waals surface area contributed by atoms with Crippen LogP contribution in [-0.2, 0) is 4.57 Å². The minimum Gasteiger partial charge on any atom is -0.822 e. The molecule has 0 aliphatic heterocycles. The Bertz CT molecular complexity index is 184. The maximum Gasteiger partial charge on any atom is 4.00 e. The van der Waals surface area contributed by atoms with Crippen molar-refractivity contribution in [2.75, 3.05) is 5.75 Å². The van der Waals surface area contributed by atoms with Crippen LogP contribution in [0.3, 0.4) is 0 Å². The van der Waals surface area contributed by atoms with Gasteiger partial charge in [0.15, 0.2) is 0 Å². The van der Waals surface area contributed by atoms with Gasteiger partial charge in [0.2, 0.25) is 0 Å². The number of hydrogen-bond donors (Lipinski definition) is 1. The third-order valence-corrected chi connectivity index (χ3v) is 2.72. The molecule has 0 aliphatic rings. The van der Waals surface area contributed by atoms with Crippen molar-refractivity contribution in [3.05, 3.63) is 6.92 Å². The predicted octanol–water partition coefficient (Wildman–Crippen LogP) is 1.83. The number of thiol groups is 1. The molecule has 0 amide bonds. The molecule has 4 nitrogen and oxygen atoms in total. The fourth-order valence-electron chi connectivity index (χ4n) is 1.53. The minimum absolute atomic E-state index is 0. The summed E-state index contributed by atoms with van der Waals surface area (Å²) in [5.41, 5.74) is 0. The van der Waals surface area contributed by atoms with Crippen LogP contribution in [0.2, 0.25) is 0 Å². The van der Waals surface area contributed by atoms with Crippen LogP contribution < -0.4 is 14.7 Å². The van der Waals surface area contributed by atoms with Crippen molar-refractivity contribution in [2.45, 2.75) is 64.2 Å². The molecular formula is C12H25CeO4PS. The van der Waals surface area contributed by atoms with Gasteiger partial charge in [-0.2, -0.15) is 26.9 Å². The molecule has 0 aliphatic carbocycles. The van der Waals surface area contributed by atoms with Gasteiger partial charge in [0, 0.05) is 0 Å². The molecular weight excluding hydrogens is 411 g/mol. The molecule has 0 aromatic carbocycles. The molecule has 0 atom stereocenters. The average Bonchev–Trinajstić information content (AvgIpc) is 2.25. The zero-order valence-corrected chi connectivity index (χ0v) is 16.4. The van der Waals surface area contributed by atoms with Gasteiger partial charge in [-0.15, -0.1) is 0 Å². The molecule has 0 fully saturated rings. The van der Waals surface area contributed by atoms with Crippen LogP contribution in [0.15, 0.2) is 0 Å². The summed E-state index contributed by atoms with van der Waals surface area (Å²) in [7, 11) is -5.39. The first-order valence-corrected chi connectivity index (χ1v) is 8.64. The van der Waals surface area contributed by atoms with E-state index in [4.69, 9.17) is 19.2 Å². The fraction of sp³-hybridized carbons (Fsp3) is 0.917. The van der Waals surface area contributed by atoms with E-state index in [0.717, 1.165) is 12.2 Å². The standard InChI is InChI=1S/C12H25S.Ce.H3O4P/c1-2-3-4-5-6-7-8-9-10-11-12-13;;1-5(2,3)4/h13H,1-12H2;;(H3,1,2,3,4)/q-1;+4;/p-3. The Morgan fingerprint density at radius 2 is 1.05 bits per heavy atom. The Labute approximate surface area is 157 Å². The summed E-state index contributed by atoms with van der Waals surface area (Å²) in [6.45, 7) is 3.85. The van der Waals surface area contributed by atoms with Gasteiger partial charge in [-0.05, 0) is 12.2 Å². The number of phosphoric acid groups is 1. The van der Waals surface area contributed by atoms with Crippen LogP contribution in [0.25, 0.3) is 0 Å². The number of hydrogen-bond acceptors (Lipinski definition) is 5. The van der Waals surface area contributed by atoms with E-state index in [-0.39, 0.29) is 41.7 Å². The minimum atomic E-state index is -5.39. The van der Waals surface area contributed by atoms with Crippen LogP contribution >= 0.6 is 20.5 Å². The maximum absolute atomic E-state index is 8.55. The van der Waals surface area contributed by atoms with Gasteiger partial charge >= 0.3 is 41.7 Å². The van der Waals surface area contributed by atoms with E-state index >= 15 is 0 Å². The second-order valence-corrected chi connectivity index (χ2v) is 5.55. The van der Waals surface area contributed by atoms with E-state index in [2.05, 4.69) is 19.6 Å². The first kappa shape index (κ1) is 25.8. The van der Waals surface area contributed by atoms with E-state index < -0.39 is 7.82 Å². The SMILES string of the molecule is O=P([O-])([O-])[O-].[CH2-]CCCCCCCCCCCS.[Ce+4]. The number of unbranched alkanes of at least 4 members (excludes halogenated alkanes) is 9. The topological polar surface area (TPSA) is 86.2 Å². The Kier molecular flexibility index (Phi) is 26.9. The van der Waals surface area contributed by atoms with Crippen molar-refractivity contribution in [3.63, 3.8) is 0 Å². The Balaban J connectivity index is -0.000000366. The summed E-state index contributed by atoms with van der Waals surface area (Å²) in [5, 5.41) is 0. The van der Waals surface area contributed by atoms with Gasteiger partial charge in [-0.1, -0.05) is 51.4 Å². The maximum atomic E-state index is 8.55. The smallest absolute Gasteiger partial charge is 0.822 e. The van der Waals surface area contributed by atoms with Gasteiger partial charge < -0.3 is 26.2 Å². The molecule has 0 spiro atoms. The summed E-state index contributed by atoms with van der Waals surface area (Å²) in [6.07, 6.45) is 13.6. The van der Waals surface area contributed by atoms with E-state index in [1.165, 1.54) is 57.8 Å². The number of rotatable bonds is 10. The van der Waals surface area contributed by atoms with Crippen LogP contribution in [-0.4, -0.2) is 5.75 Å². The van der Waals surface area contributed by atoms with E-state index in [9.17, 15) is 0 Å². The van der Waals surface area contributed by atoms with Crippen molar-refractivity contribution >= 4 is 20.5 Å². The summed E-state index contributed by atoms with van der Waals surface area (Å²) in [4.78, 5) is 25.6. The van der Waals surface area contributed by atoms with Crippen LogP contribution in [0.4, 0.5) is 0 Å². The molecule has 0 saturated heterocycles. The quantitative estimate of drug-likeness (QED) is 0.245. The molecule has 0 aromatic rings. The summed E-state index contributed by atoms with van der Waals surface area (Å²) in [5.74, 6) is 1.06. The second kappa shape index (κ2) is 19.8. The molecule has 112 valence electrons. The molecule has 0 radical (unpaired) electrons. The monoisotopic (exact) mass is 436 g/mol. The van der Waals surface area contributed by atoms with Gasteiger partial charge in [0.05, 0.1) is 0 Å². The predicted molar refractivity (Wildman–Crippen MR) is 73.0 cm³/mol. The fourth-order valence-corrected chi connectivity index (χ4v) is 1.75. The molecule has 0 unspecified atom stereocenters. The van der Waals surface area contributed by atoms with Crippen molar-refractivity contribution in [2.24, 2.45) is 0 Å². The van der Waals surface area contributed by atoms with Crippen molar-refractivity contribution in [1.82, 2.24) is 0 Å². The Morgan fingerprint density at radius 3 is 1.32 bits per heavy atom. The molecule has 0 saturated carbocycles. The zero-order chi connectivity index (χ0) is 14.3. The van der Waals surface area contributed by atoms with Crippen molar-refractivity contribution in [1.29, 1.82) is 0 Å². The van der Waals surface area contributed by atoms with Crippen LogP contribution in [0, 0.1) is 48.7 Å². The Hall–Kier alpha value is 1.84. The summed E-state index contributed by atoms with van der Waals surface area (Å²) in [6, 6.07) is 0. The summed E-state index contributed by atoms with van der Waals surface area (Å²) < 4.78 is 8.55. The summed E-state index contributed by atoms with van der Waals surface area (Å²) >= 11 is 4.20. The first-order chi connectivity index (χ1) is 8.41. The molecule has 0 N–H and O–H groups in total. The van der Waals surface area contributed by atoms with E-state index in [0.29, 0.717) is 0 Å². The first-order valence-electron chi connectivity index (χ1n) is 6.55. The molecule has 19 heavy (non-hydrogen) atoms. The van der Waals surface area contributed by atoms with E-state index in [1.54, 1.807) is 0 Å². The van der Waals surface area contributed by atoms with Crippen molar-refractivity contribution < 1.29 is 61.0 Å². The Morgan fingerprint density at radius 1 is 0.789 bits per heavy atom. The van der Waals surface area contributed by atoms with Crippen molar-refractivity contribution in [3.8, 4) is 0 Å². The molecule has 7 heteroatoms. The third-order valence-electron chi connectivity index (χ3n) is 2.41. The zero-order valence-electron chi connectivity index (χ0n) is 11.5. The van der Waals surface area contributed by atoms with Crippen LogP contribution in [0.5, 0.6) is 0 Å². The van der Waals surface area contributed by atoms with Gasteiger partial charge in [0.1, 0.15) is 0 Å². The molecule has 0 aromatic heterocycles. The molecule has 0 bridgehead atoms. The van der Waals surface area contributed by atoms with Gasteiger partial charge in [-0.3, -0.25) is 0 Å². The normalized spacial score (nSPS) is 10.4. The largest absolute Gasteiger partial charge is 4.00 e. The average molecular weight is 436 g/mol. The molecule has 0 rings (SSSR count). The van der Waals surface area contributed by atoms with Gasteiger partial charge in [0.25, 0.3) is 0 Å². The van der Waals surface area contributed by atoms with Gasteiger partial charge in [-0.25, -0.2) is 0 Å².